The van der Waals surface area contributed by atoms with E-state index in [0.29, 0.717) is 52.7 Å². The molecule has 0 unspecified atom stereocenters. The Balaban J connectivity index is 0.000000159. The number of hydrogen-bond donors (Lipinski definition) is 4. The Bertz CT molecular complexity index is 7370. The minimum Gasteiger partial charge on any atom is -0.491 e. The lowest BCUT2D eigenvalue weighted by Gasteiger charge is -2.38. The van der Waals surface area contributed by atoms with Gasteiger partial charge in [0.1, 0.15) is 79.8 Å². The number of aryl methyl sites for hydroxylation is 6. The first-order valence-electron chi connectivity index (χ1n) is 46.6. The summed E-state index contributed by atoms with van der Waals surface area (Å²) in [6.07, 6.45) is -4.97. The van der Waals surface area contributed by atoms with Gasteiger partial charge in [-0.2, -0.15) is 39.5 Å². The SMILES string of the molecule is CCC(=O)[C@H](Cc1ccc(-n2c(=O)c3ccncc3n(C)c2=O)c2c1OCCO2)NC(=O)c1c(C)cc(N2CCOC[C@@H]2C(F)(F)F)cc1F.COC(=O)[C@H](Cc1ccc(-n2c(=O)c3ccncc3n(C)c2=O)c2c1CCCO2)NC(=O)c1c(C)cc(N2CCOC[C@@H]2C(F)(F)F)cc1F.Cc1cc(N2CCOC[C@@H]2C(F)(F)F)cc(F)c1C(=O)N[C@@H](Cc1ccc(-n2c(=O)c3ccncc3n(C)c2=O)c2c1OCCO2)C(=O)O. The van der Waals surface area contributed by atoms with Crippen LogP contribution in [0.4, 0.5) is 69.7 Å². The standard InChI is InChI=1S/2C34H33F4N5O7.C32H29F4N5O8/c1-18-13-20(42-10-12-49-17-27(42)34(36,37)38)15-23(35)28(18)30(44)40-24(32(46)48-3)14-19-6-7-25(29-21(19)5-4-11-50-29)43-31(45)22-8-9-39-16-26(22)41(2)33(43)47;1-4-26(44)23(40-31(45)28-18(2)13-20(15-22(28)35)42-9-10-48-17-27(42)34(36,37)38)14-19-5-6-24(30-29(19)49-11-12-50-30)43-32(46)21-7-8-39-16-25(21)41(3)33(43)47;1-16-11-18(40-7-8-47-15-24(40)32(34,35)36)13-20(33)25(16)28(42)38-21(30(44)45)12-17-3-4-22(27-26(17)48-9-10-49-27)41-29(43)19-5-6-37-14-23(19)39(2)31(41)46/h6-9,13,15-16,24,27H,4-5,10-12,14,17H2,1-3H3,(H,40,44);5-8,13,15-16,23,27H,4,9-12,14,17H2,1-3H3,(H,40,45);3-6,11,13-14,21,24H,7-10,12,15H2,1-2H3,(H,38,42)(H,44,45)/t24-,27+;23-,27+;21-,24+/m000/s1. The second-order valence-electron chi connectivity index (χ2n) is 35.5. The molecule has 0 saturated carbocycles. The van der Waals surface area contributed by atoms with Crippen LogP contribution in [0.5, 0.6) is 28.7 Å². The van der Waals surface area contributed by atoms with Crippen LogP contribution < -0.4 is 88.1 Å². The average Bonchev–Trinajstić information content (AvgIpc) is 0.748. The molecule has 3 fully saturated rings. The van der Waals surface area contributed by atoms with E-state index < -0.39 is 178 Å². The lowest BCUT2D eigenvalue weighted by molar-refractivity contribution is -0.167. The van der Waals surface area contributed by atoms with Crippen molar-refractivity contribution in [3.05, 3.63) is 264 Å². The van der Waals surface area contributed by atoms with Crippen LogP contribution in [0.2, 0.25) is 0 Å². The van der Waals surface area contributed by atoms with Gasteiger partial charge in [0.15, 0.2) is 28.8 Å². The maximum Gasteiger partial charge on any atom is 0.411 e. The number of alkyl halides is 9. The fourth-order valence-corrected chi connectivity index (χ4v) is 18.9. The van der Waals surface area contributed by atoms with Crippen LogP contribution in [0.1, 0.15) is 89.8 Å². The molecule has 0 radical (unpaired) electrons. The highest BCUT2D eigenvalue weighted by atomic mass is 19.4. The number of aliphatic carboxylic acids is 1. The normalized spacial score (nSPS) is 16.8. The summed E-state index contributed by atoms with van der Waals surface area (Å²) in [4.78, 5) is 174. The number of Topliss-reactive ketones (excluding diaryl/α,β-unsaturated/α-hetero) is 1. The number of esters is 1. The smallest absolute Gasteiger partial charge is 0.411 e. The van der Waals surface area contributed by atoms with Crippen molar-refractivity contribution in [2.45, 2.75) is 121 Å². The third kappa shape index (κ3) is 21.3. The molecule has 6 aliphatic rings. The number of ketones is 1. The summed E-state index contributed by atoms with van der Waals surface area (Å²) in [6.45, 7) is 4.08. The Labute approximate surface area is 835 Å². The second-order valence-corrected chi connectivity index (χ2v) is 35.5. The number of carboxylic acid groups (broad SMARTS) is 1. The first-order chi connectivity index (χ1) is 70.9. The van der Waals surface area contributed by atoms with Gasteiger partial charge in [0, 0.05) is 113 Å². The molecule has 6 aromatic carbocycles. The van der Waals surface area contributed by atoms with Gasteiger partial charge in [0.05, 0.1) is 144 Å². The van der Waals surface area contributed by atoms with Gasteiger partial charge >= 0.3 is 47.5 Å². The largest absolute Gasteiger partial charge is 0.491 e. The molecule has 6 atom stereocenters. The third-order valence-corrected chi connectivity index (χ3v) is 26.3. The zero-order chi connectivity index (χ0) is 107. The van der Waals surface area contributed by atoms with Gasteiger partial charge in [-0.25, -0.2) is 50.8 Å². The predicted octanol–water partition coefficient (Wildman–Crippen LogP) is 9.03. The van der Waals surface area contributed by atoms with E-state index in [2.05, 4.69) is 30.9 Å². The van der Waals surface area contributed by atoms with Crippen molar-refractivity contribution < 1.29 is 129 Å². The number of ether oxygens (including phenoxy) is 9. The third-order valence-electron chi connectivity index (χ3n) is 26.3. The Kier molecular flexibility index (Phi) is 30.7. The van der Waals surface area contributed by atoms with Crippen molar-refractivity contribution in [2.24, 2.45) is 21.1 Å². The van der Waals surface area contributed by atoms with Crippen molar-refractivity contribution in [3.8, 4) is 45.8 Å². The first-order valence-corrected chi connectivity index (χ1v) is 46.6. The van der Waals surface area contributed by atoms with Crippen molar-refractivity contribution in [3.63, 3.8) is 0 Å². The summed E-state index contributed by atoms with van der Waals surface area (Å²) in [5.74, 6) is -8.40. The fourth-order valence-electron chi connectivity index (χ4n) is 18.9. The summed E-state index contributed by atoms with van der Waals surface area (Å²) >= 11 is 0. The van der Waals surface area contributed by atoms with E-state index in [0.717, 1.165) is 53.7 Å². The lowest BCUT2D eigenvalue weighted by atomic mass is 9.93. The summed E-state index contributed by atoms with van der Waals surface area (Å²) in [5.41, 5.74) is -2.12. The van der Waals surface area contributed by atoms with E-state index in [1.54, 1.807) is 19.1 Å². The fraction of sp³-hybridized carbons (Fsp3) is 0.370. The number of amides is 3. The molecule has 12 aromatic rings. The molecule has 18 rings (SSSR count). The predicted molar refractivity (Wildman–Crippen MR) is 511 cm³/mol. The van der Waals surface area contributed by atoms with Crippen LogP contribution in [0, 0.1) is 38.2 Å². The minimum absolute atomic E-state index is 0.00423. The molecule has 49 heteroatoms. The average molecular weight is 2090 g/mol. The zero-order valence-electron chi connectivity index (χ0n) is 80.7. The van der Waals surface area contributed by atoms with Crippen LogP contribution >= 0.6 is 0 Å². The number of carboxylic acids is 1. The van der Waals surface area contributed by atoms with E-state index in [9.17, 15) is 102 Å². The van der Waals surface area contributed by atoms with Crippen LogP contribution in [0.15, 0.2) is 157 Å². The molecule has 3 amide bonds. The summed E-state index contributed by atoms with van der Waals surface area (Å²) < 4.78 is 225. The van der Waals surface area contributed by atoms with E-state index >= 15 is 13.2 Å². The molecular weight excluding hydrogens is 1990 g/mol. The molecule has 3 saturated heterocycles. The summed E-state index contributed by atoms with van der Waals surface area (Å²) in [5, 5.41) is 18.2. The number of rotatable bonds is 22. The highest BCUT2D eigenvalue weighted by Crippen LogP contribution is 2.44. The Hall–Kier alpha value is -16.0. The second kappa shape index (κ2) is 43.2. The van der Waals surface area contributed by atoms with Crippen molar-refractivity contribution in [1.82, 2.24) is 58.3 Å². The van der Waals surface area contributed by atoms with Crippen LogP contribution in [-0.4, -0.2) is 237 Å². The number of halogens is 12. The van der Waals surface area contributed by atoms with Gasteiger partial charge in [0.2, 0.25) is 0 Å². The molecular formula is C100H95F12N15O22. The van der Waals surface area contributed by atoms with Crippen molar-refractivity contribution in [2.75, 3.05) is 114 Å². The Morgan fingerprint density at radius 3 is 1.09 bits per heavy atom. The number of carbonyl (C=O) groups excluding carboxylic acids is 5. The molecule has 12 heterocycles. The zero-order valence-corrected chi connectivity index (χ0v) is 80.7. The number of aromatic nitrogens is 9. The highest BCUT2D eigenvalue weighted by molar-refractivity contribution is 6.01. The molecule has 0 bridgehead atoms. The number of nitrogens with zero attached hydrogens (tertiary/aromatic N) is 12. The Morgan fingerprint density at radius 2 is 0.752 bits per heavy atom. The highest BCUT2D eigenvalue weighted by Gasteiger charge is 2.50. The Morgan fingerprint density at radius 1 is 0.430 bits per heavy atom. The lowest BCUT2D eigenvalue weighted by Crippen LogP contribution is -2.53. The molecule has 786 valence electrons. The van der Waals surface area contributed by atoms with Gasteiger partial charge in [-0.3, -0.25) is 62.2 Å². The number of fused-ring (bicyclic) bond motifs is 6. The number of hydrogen-bond acceptors (Lipinski definition) is 27. The minimum atomic E-state index is -4.65. The van der Waals surface area contributed by atoms with Gasteiger partial charge < -0.3 is 78.4 Å². The van der Waals surface area contributed by atoms with Crippen molar-refractivity contribution in [1.29, 1.82) is 0 Å². The van der Waals surface area contributed by atoms with E-state index in [1.807, 2.05) is 0 Å². The van der Waals surface area contributed by atoms with E-state index in [-0.39, 0.29) is 193 Å². The molecule has 6 aromatic heterocycles. The van der Waals surface area contributed by atoms with Crippen LogP contribution in [-0.2, 0) is 80.2 Å². The van der Waals surface area contributed by atoms with Crippen molar-refractivity contribution >= 4 is 85.2 Å². The number of nitrogens with one attached hydrogen (secondary N) is 3. The monoisotopic (exact) mass is 2090 g/mol. The summed E-state index contributed by atoms with van der Waals surface area (Å²) in [7, 11) is 5.62. The van der Waals surface area contributed by atoms with Crippen LogP contribution in [0.25, 0.3) is 49.8 Å². The van der Waals surface area contributed by atoms with E-state index in [1.165, 1.54) is 153 Å². The maximum atomic E-state index is 15.5. The number of benzene rings is 6. The number of anilines is 3. The quantitative estimate of drug-likeness (QED) is 0.0363. The number of morpholine rings is 3. The molecule has 4 N–H and O–H groups in total. The number of carbonyl (C=O) groups is 6. The number of methoxy groups -OCH3 is 1. The summed E-state index contributed by atoms with van der Waals surface area (Å²) in [6, 6.07) is 9.70. The molecule has 149 heavy (non-hydrogen) atoms. The topological polar surface area (TPSA) is 422 Å². The van der Waals surface area contributed by atoms with Gasteiger partial charge in [-0.15, -0.1) is 0 Å². The molecule has 0 aliphatic carbocycles. The van der Waals surface area contributed by atoms with Crippen LogP contribution in [0.3, 0.4) is 0 Å². The first kappa shape index (κ1) is 106. The number of pyridine rings is 3. The van der Waals surface area contributed by atoms with Gasteiger partial charge in [-0.1, -0.05) is 25.1 Å². The molecule has 0 spiro atoms. The van der Waals surface area contributed by atoms with Gasteiger partial charge in [0.25, 0.3) is 34.4 Å². The molecule has 6 aliphatic heterocycles. The van der Waals surface area contributed by atoms with E-state index in [4.69, 9.17) is 42.6 Å². The molecule has 37 nitrogen and oxygen atoms in total. The maximum absolute atomic E-state index is 15.5. The van der Waals surface area contributed by atoms with Gasteiger partial charge in [-0.05, 0) is 134 Å².